The van der Waals surface area contributed by atoms with Crippen LogP contribution >= 0.6 is 0 Å². The van der Waals surface area contributed by atoms with Crippen LogP contribution in [0.25, 0.3) is 0 Å². The second-order valence-electron chi connectivity index (χ2n) is 3.96. The van der Waals surface area contributed by atoms with Gasteiger partial charge in [0.2, 0.25) is 0 Å². The summed E-state index contributed by atoms with van der Waals surface area (Å²) in [4.78, 5) is 0. The highest BCUT2D eigenvalue weighted by molar-refractivity contribution is 6.75. The first-order valence-corrected chi connectivity index (χ1v) is 8.01. The zero-order valence-corrected chi connectivity index (χ0v) is 12.3. The largest absolute Gasteiger partial charge is 0.538 e. The number of hydrogen-bond acceptors (Lipinski definition) is 4. The molecule has 0 radical (unpaired) electrons. The molecule has 102 valence electrons. The second kappa shape index (κ2) is 7.65. The smallest absolute Gasteiger partial charge is 0.373 e. The molecular formula is C13H22O4Si. The summed E-state index contributed by atoms with van der Waals surface area (Å²) in [6.07, 6.45) is 0.505. The quantitative estimate of drug-likeness (QED) is 0.576. The molecule has 1 N–H and O–H groups in total. The third-order valence-electron chi connectivity index (χ3n) is 2.53. The van der Waals surface area contributed by atoms with Crippen LogP contribution in [0.4, 0.5) is 0 Å². The van der Waals surface area contributed by atoms with E-state index >= 15 is 0 Å². The molecule has 18 heavy (non-hydrogen) atoms. The molecule has 0 bridgehead atoms. The van der Waals surface area contributed by atoms with Crippen LogP contribution in [0.5, 0.6) is 0 Å². The lowest BCUT2D eigenvalue weighted by Crippen LogP contribution is -2.58. The molecule has 0 aliphatic carbocycles. The van der Waals surface area contributed by atoms with E-state index in [1.807, 2.05) is 44.2 Å². The monoisotopic (exact) mass is 270 g/mol. The van der Waals surface area contributed by atoms with E-state index in [0.29, 0.717) is 13.0 Å². The number of aliphatic hydroxyl groups excluding tert-OH is 1. The fourth-order valence-electron chi connectivity index (χ4n) is 1.55. The molecule has 1 rings (SSSR count). The highest BCUT2D eigenvalue weighted by atomic mass is 28.4. The Morgan fingerprint density at radius 1 is 1.22 bits per heavy atom. The molecule has 0 fully saturated rings. The number of rotatable bonds is 8. The van der Waals surface area contributed by atoms with Gasteiger partial charge >= 0.3 is 8.80 Å². The third kappa shape index (κ3) is 3.89. The first-order valence-electron chi connectivity index (χ1n) is 6.29. The van der Waals surface area contributed by atoms with Gasteiger partial charge in [0, 0.05) is 18.9 Å². The topological polar surface area (TPSA) is 47.9 Å². The Morgan fingerprint density at radius 2 is 1.89 bits per heavy atom. The van der Waals surface area contributed by atoms with Crippen molar-refractivity contribution in [1.29, 1.82) is 0 Å². The fourth-order valence-corrected chi connectivity index (χ4v) is 3.97. The molecule has 0 saturated carbocycles. The summed E-state index contributed by atoms with van der Waals surface area (Å²) < 4.78 is 17.0. The summed E-state index contributed by atoms with van der Waals surface area (Å²) in [5.74, 6) is 0. The van der Waals surface area contributed by atoms with Gasteiger partial charge < -0.3 is 18.4 Å². The van der Waals surface area contributed by atoms with Gasteiger partial charge in [-0.2, -0.15) is 0 Å². The molecule has 0 aliphatic heterocycles. The average molecular weight is 270 g/mol. The normalized spacial score (nSPS) is 16.2. The molecular weight excluding hydrogens is 248 g/mol. The SMILES string of the molecule is CCCO[Si](OC)(OC(O)CC)c1ccccc1. The van der Waals surface area contributed by atoms with Crippen molar-refractivity contribution >= 4 is 14.0 Å². The Labute approximate surface area is 110 Å². The van der Waals surface area contributed by atoms with Crippen LogP contribution in [0.15, 0.2) is 30.3 Å². The Bertz CT molecular complexity index is 333. The Kier molecular flexibility index (Phi) is 6.52. The zero-order valence-electron chi connectivity index (χ0n) is 11.3. The molecule has 0 saturated heterocycles. The Hall–Kier alpha value is -0.723. The van der Waals surface area contributed by atoms with Gasteiger partial charge in [-0.15, -0.1) is 0 Å². The van der Waals surface area contributed by atoms with Crippen LogP contribution in [-0.2, 0) is 13.3 Å². The minimum absolute atomic E-state index is 0.500. The van der Waals surface area contributed by atoms with Crippen molar-refractivity contribution in [3.05, 3.63) is 30.3 Å². The van der Waals surface area contributed by atoms with Crippen LogP contribution in [0.1, 0.15) is 26.7 Å². The van der Waals surface area contributed by atoms with Gasteiger partial charge in [-0.25, -0.2) is 0 Å². The lowest BCUT2D eigenvalue weighted by Gasteiger charge is -2.30. The van der Waals surface area contributed by atoms with Crippen molar-refractivity contribution in [2.75, 3.05) is 13.7 Å². The van der Waals surface area contributed by atoms with Crippen molar-refractivity contribution in [3.8, 4) is 0 Å². The van der Waals surface area contributed by atoms with Crippen molar-refractivity contribution in [1.82, 2.24) is 0 Å². The summed E-state index contributed by atoms with van der Waals surface area (Å²) in [6.45, 7) is 4.42. The third-order valence-corrected chi connectivity index (χ3v) is 5.28. The molecule has 4 nitrogen and oxygen atoms in total. The van der Waals surface area contributed by atoms with E-state index in [1.54, 1.807) is 7.11 Å². The minimum atomic E-state index is -3.00. The summed E-state index contributed by atoms with van der Waals surface area (Å²) in [7, 11) is -1.43. The molecule has 5 heteroatoms. The maximum Gasteiger partial charge on any atom is 0.538 e. The molecule has 1 aromatic rings. The summed E-state index contributed by atoms with van der Waals surface area (Å²) in [5, 5.41) is 10.6. The maximum atomic E-state index is 9.74. The van der Waals surface area contributed by atoms with Crippen LogP contribution in [0.2, 0.25) is 0 Å². The minimum Gasteiger partial charge on any atom is -0.373 e. The van der Waals surface area contributed by atoms with Crippen LogP contribution in [0.3, 0.4) is 0 Å². The van der Waals surface area contributed by atoms with Crippen molar-refractivity contribution in [2.45, 2.75) is 33.0 Å². The average Bonchev–Trinajstić information content (AvgIpc) is 2.44. The predicted molar refractivity (Wildman–Crippen MR) is 72.5 cm³/mol. The van der Waals surface area contributed by atoms with Crippen LogP contribution in [-0.4, -0.2) is 33.9 Å². The van der Waals surface area contributed by atoms with Crippen LogP contribution in [0, 0.1) is 0 Å². The van der Waals surface area contributed by atoms with E-state index in [1.165, 1.54) is 0 Å². The first kappa shape index (κ1) is 15.3. The van der Waals surface area contributed by atoms with Gasteiger partial charge in [0.05, 0.1) is 0 Å². The van der Waals surface area contributed by atoms with E-state index in [2.05, 4.69) is 0 Å². The zero-order chi connectivity index (χ0) is 13.4. The van der Waals surface area contributed by atoms with E-state index in [0.717, 1.165) is 11.6 Å². The molecule has 2 atom stereocenters. The van der Waals surface area contributed by atoms with E-state index in [-0.39, 0.29) is 0 Å². The molecule has 0 amide bonds. The second-order valence-corrected chi connectivity index (χ2v) is 6.58. The van der Waals surface area contributed by atoms with Gasteiger partial charge in [0.25, 0.3) is 0 Å². The highest BCUT2D eigenvalue weighted by Crippen LogP contribution is 2.13. The Morgan fingerprint density at radius 3 is 2.39 bits per heavy atom. The summed E-state index contributed by atoms with van der Waals surface area (Å²) in [5.41, 5.74) is 0. The van der Waals surface area contributed by atoms with E-state index in [4.69, 9.17) is 13.3 Å². The van der Waals surface area contributed by atoms with Crippen LogP contribution < -0.4 is 5.19 Å². The standard InChI is InChI=1S/C13H22O4Si/c1-4-11-16-18(15-3,17-13(14)5-2)12-9-7-6-8-10-12/h6-10,13-14H,4-5,11H2,1-3H3. The van der Waals surface area contributed by atoms with Gasteiger partial charge in [0.1, 0.15) is 6.29 Å². The van der Waals surface area contributed by atoms with E-state index in [9.17, 15) is 5.11 Å². The van der Waals surface area contributed by atoms with Crippen molar-refractivity contribution in [3.63, 3.8) is 0 Å². The Balaban J connectivity index is 2.97. The van der Waals surface area contributed by atoms with Crippen molar-refractivity contribution < 1.29 is 18.4 Å². The van der Waals surface area contributed by atoms with Gasteiger partial charge in [-0.05, 0) is 12.8 Å². The first-order chi connectivity index (χ1) is 8.68. The fraction of sp³-hybridized carbons (Fsp3) is 0.538. The molecule has 0 aromatic heterocycles. The summed E-state index contributed by atoms with van der Waals surface area (Å²) in [6, 6.07) is 9.57. The van der Waals surface area contributed by atoms with E-state index < -0.39 is 15.1 Å². The van der Waals surface area contributed by atoms with Gasteiger partial charge in [-0.1, -0.05) is 44.2 Å². The highest BCUT2D eigenvalue weighted by Gasteiger charge is 2.44. The molecule has 1 aromatic carbocycles. The number of hydrogen-bond donors (Lipinski definition) is 1. The lowest BCUT2D eigenvalue weighted by molar-refractivity contribution is -0.0691. The lowest BCUT2D eigenvalue weighted by atomic mass is 10.4. The molecule has 0 heterocycles. The molecule has 2 unspecified atom stereocenters. The molecule has 0 aliphatic rings. The number of benzene rings is 1. The summed E-state index contributed by atoms with van der Waals surface area (Å²) >= 11 is 0. The maximum absolute atomic E-state index is 9.74. The number of aliphatic hydroxyl groups is 1. The molecule has 0 spiro atoms. The predicted octanol–water partition coefficient (Wildman–Crippen LogP) is 1.65. The van der Waals surface area contributed by atoms with Crippen molar-refractivity contribution in [2.24, 2.45) is 0 Å². The van der Waals surface area contributed by atoms with Gasteiger partial charge in [0.15, 0.2) is 0 Å². The van der Waals surface area contributed by atoms with Gasteiger partial charge in [-0.3, -0.25) is 0 Å².